The molecular formula is C12H16N2O4S. The number of carbonyl (C=O) groups is 1. The van der Waals surface area contributed by atoms with Crippen LogP contribution in [0.2, 0.25) is 0 Å². The van der Waals surface area contributed by atoms with Crippen LogP contribution in [0.4, 0.5) is 0 Å². The standard InChI is InChI=1S/C12H16N2O4S/c1-2-13-19(17,18)14-8-10-6-4-3-5-9(10)7-11(14)12(15)16/h3-6,11,13H,2,7-8H2,1H3,(H,15,16). The average molecular weight is 284 g/mol. The summed E-state index contributed by atoms with van der Waals surface area (Å²) in [5.74, 6) is -1.13. The number of carboxylic acid groups (broad SMARTS) is 1. The van der Waals surface area contributed by atoms with Gasteiger partial charge in [-0.05, 0) is 11.1 Å². The smallest absolute Gasteiger partial charge is 0.322 e. The molecule has 1 heterocycles. The van der Waals surface area contributed by atoms with Crippen LogP contribution < -0.4 is 4.72 Å². The number of benzene rings is 1. The molecule has 2 rings (SSSR count). The molecule has 1 atom stereocenters. The minimum absolute atomic E-state index is 0.0858. The van der Waals surface area contributed by atoms with E-state index in [1.54, 1.807) is 6.92 Å². The normalized spacial score (nSPS) is 19.9. The van der Waals surface area contributed by atoms with Crippen molar-refractivity contribution in [2.24, 2.45) is 0 Å². The second kappa shape index (κ2) is 5.28. The minimum atomic E-state index is -3.77. The third kappa shape index (κ3) is 2.78. The van der Waals surface area contributed by atoms with E-state index in [1.165, 1.54) is 0 Å². The summed E-state index contributed by atoms with van der Waals surface area (Å²) >= 11 is 0. The lowest BCUT2D eigenvalue weighted by Crippen LogP contribution is -2.52. The summed E-state index contributed by atoms with van der Waals surface area (Å²) in [5.41, 5.74) is 1.74. The van der Waals surface area contributed by atoms with Gasteiger partial charge >= 0.3 is 5.97 Å². The predicted molar refractivity (Wildman–Crippen MR) is 69.7 cm³/mol. The third-order valence-electron chi connectivity index (χ3n) is 3.13. The van der Waals surface area contributed by atoms with Crippen LogP contribution in [-0.2, 0) is 28.0 Å². The molecule has 0 aromatic heterocycles. The van der Waals surface area contributed by atoms with Crippen molar-refractivity contribution in [1.82, 2.24) is 9.03 Å². The second-order valence-corrected chi connectivity index (χ2v) is 6.08. The highest BCUT2D eigenvalue weighted by molar-refractivity contribution is 7.87. The number of nitrogens with one attached hydrogen (secondary N) is 1. The van der Waals surface area contributed by atoms with Gasteiger partial charge in [0.05, 0.1) is 0 Å². The van der Waals surface area contributed by atoms with Gasteiger partial charge < -0.3 is 5.11 Å². The number of aliphatic carboxylic acids is 1. The van der Waals surface area contributed by atoms with Crippen molar-refractivity contribution in [1.29, 1.82) is 0 Å². The SMILES string of the molecule is CCNS(=O)(=O)N1Cc2ccccc2CC1C(=O)O. The summed E-state index contributed by atoms with van der Waals surface area (Å²) < 4.78 is 27.5. The fourth-order valence-electron chi connectivity index (χ4n) is 2.23. The molecule has 19 heavy (non-hydrogen) atoms. The van der Waals surface area contributed by atoms with Crippen molar-refractivity contribution >= 4 is 16.2 Å². The molecule has 6 nitrogen and oxygen atoms in total. The van der Waals surface area contributed by atoms with Crippen LogP contribution in [0, 0.1) is 0 Å². The molecule has 1 aromatic rings. The molecule has 2 N–H and O–H groups in total. The van der Waals surface area contributed by atoms with E-state index in [0.29, 0.717) is 0 Å². The van der Waals surface area contributed by atoms with Crippen LogP contribution in [0.1, 0.15) is 18.1 Å². The molecule has 1 aliphatic heterocycles. The van der Waals surface area contributed by atoms with Crippen molar-refractivity contribution in [3.8, 4) is 0 Å². The van der Waals surface area contributed by atoms with Gasteiger partial charge in [0, 0.05) is 19.5 Å². The maximum Gasteiger partial charge on any atom is 0.322 e. The first-order chi connectivity index (χ1) is 8.95. The van der Waals surface area contributed by atoms with Gasteiger partial charge in [-0.15, -0.1) is 0 Å². The topological polar surface area (TPSA) is 86.7 Å². The Balaban J connectivity index is 2.40. The summed E-state index contributed by atoms with van der Waals surface area (Å²) in [6.45, 7) is 1.97. The number of nitrogens with zero attached hydrogens (tertiary/aromatic N) is 1. The molecule has 104 valence electrons. The van der Waals surface area contributed by atoms with E-state index in [9.17, 15) is 18.3 Å². The van der Waals surface area contributed by atoms with Crippen LogP contribution in [0.3, 0.4) is 0 Å². The monoisotopic (exact) mass is 284 g/mol. The number of fused-ring (bicyclic) bond motifs is 1. The first-order valence-corrected chi connectivity index (χ1v) is 7.45. The summed E-state index contributed by atoms with van der Waals surface area (Å²) in [7, 11) is -3.77. The molecule has 1 aromatic carbocycles. The van der Waals surface area contributed by atoms with Crippen molar-refractivity contribution in [2.75, 3.05) is 6.54 Å². The van der Waals surface area contributed by atoms with Gasteiger partial charge in [-0.25, -0.2) is 4.72 Å². The van der Waals surface area contributed by atoms with Crippen LogP contribution in [0.5, 0.6) is 0 Å². The highest BCUT2D eigenvalue weighted by Gasteiger charge is 2.38. The van der Waals surface area contributed by atoms with Crippen molar-refractivity contribution in [3.63, 3.8) is 0 Å². The van der Waals surface area contributed by atoms with Gasteiger partial charge in [0.1, 0.15) is 6.04 Å². The number of carboxylic acids is 1. The van der Waals surface area contributed by atoms with Gasteiger partial charge in [-0.3, -0.25) is 4.79 Å². The molecule has 0 radical (unpaired) electrons. The van der Waals surface area contributed by atoms with E-state index in [0.717, 1.165) is 15.4 Å². The lowest BCUT2D eigenvalue weighted by atomic mass is 9.96. The Labute approximate surface area is 112 Å². The summed E-state index contributed by atoms with van der Waals surface area (Å²) in [4.78, 5) is 11.3. The van der Waals surface area contributed by atoms with Gasteiger partial charge in [0.25, 0.3) is 10.2 Å². The zero-order valence-electron chi connectivity index (χ0n) is 10.5. The highest BCUT2D eigenvalue weighted by atomic mass is 32.2. The predicted octanol–water partition coefficient (Wildman–Crippen LogP) is 0.352. The van der Waals surface area contributed by atoms with Crippen molar-refractivity contribution in [2.45, 2.75) is 25.9 Å². The van der Waals surface area contributed by atoms with E-state index in [2.05, 4.69) is 4.72 Å². The Bertz CT molecular complexity index is 585. The molecule has 0 spiro atoms. The molecule has 0 saturated heterocycles. The minimum Gasteiger partial charge on any atom is -0.480 e. The van der Waals surface area contributed by atoms with E-state index in [1.807, 2.05) is 24.3 Å². The van der Waals surface area contributed by atoms with Gasteiger partial charge in [0.15, 0.2) is 0 Å². The van der Waals surface area contributed by atoms with E-state index < -0.39 is 22.2 Å². The van der Waals surface area contributed by atoms with Crippen LogP contribution in [0.15, 0.2) is 24.3 Å². The maximum absolute atomic E-state index is 12.1. The molecule has 1 aliphatic rings. The Morgan fingerprint density at radius 2 is 2.05 bits per heavy atom. The Morgan fingerprint density at radius 1 is 1.42 bits per heavy atom. The Morgan fingerprint density at radius 3 is 2.63 bits per heavy atom. The molecule has 0 amide bonds. The average Bonchev–Trinajstić information content (AvgIpc) is 2.37. The van der Waals surface area contributed by atoms with Gasteiger partial charge in [-0.2, -0.15) is 12.7 Å². The first-order valence-electron chi connectivity index (χ1n) is 6.01. The fraction of sp³-hybridized carbons (Fsp3) is 0.417. The molecular weight excluding hydrogens is 268 g/mol. The maximum atomic E-state index is 12.1. The largest absolute Gasteiger partial charge is 0.480 e. The van der Waals surface area contributed by atoms with Crippen molar-refractivity contribution in [3.05, 3.63) is 35.4 Å². The van der Waals surface area contributed by atoms with Crippen LogP contribution in [-0.4, -0.2) is 36.4 Å². The lowest BCUT2D eigenvalue weighted by Gasteiger charge is -2.33. The Hall–Kier alpha value is -1.44. The molecule has 0 aliphatic carbocycles. The number of rotatable bonds is 4. The number of hydrogen-bond donors (Lipinski definition) is 2. The third-order valence-corrected chi connectivity index (χ3v) is 4.78. The van der Waals surface area contributed by atoms with Gasteiger partial charge in [-0.1, -0.05) is 31.2 Å². The molecule has 1 unspecified atom stereocenters. The molecule has 0 fully saturated rings. The summed E-state index contributed by atoms with van der Waals surface area (Å²) in [6.07, 6.45) is 0.191. The molecule has 7 heteroatoms. The van der Waals surface area contributed by atoms with Crippen LogP contribution >= 0.6 is 0 Å². The molecule has 0 saturated carbocycles. The zero-order valence-corrected chi connectivity index (χ0v) is 11.4. The van der Waals surface area contributed by atoms with E-state index in [-0.39, 0.29) is 19.5 Å². The quantitative estimate of drug-likeness (QED) is 0.835. The van der Waals surface area contributed by atoms with E-state index >= 15 is 0 Å². The highest BCUT2D eigenvalue weighted by Crippen LogP contribution is 2.25. The lowest BCUT2D eigenvalue weighted by molar-refractivity contribution is -0.141. The van der Waals surface area contributed by atoms with Crippen molar-refractivity contribution < 1.29 is 18.3 Å². The Kier molecular flexibility index (Phi) is 3.88. The molecule has 0 bridgehead atoms. The second-order valence-electron chi connectivity index (χ2n) is 4.38. The van der Waals surface area contributed by atoms with Gasteiger partial charge in [0.2, 0.25) is 0 Å². The number of hydrogen-bond acceptors (Lipinski definition) is 3. The summed E-state index contributed by atoms with van der Waals surface area (Å²) in [6, 6.07) is 6.24. The summed E-state index contributed by atoms with van der Waals surface area (Å²) in [5, 5.41) is 9.23. The fourth-order valence-corrected chi connectivity index (χ4v) is 3.57. The van der Waals surface area contributed by atoms with Crippen LogP contribution in [0.25, 0.3) is 0 Å². The van der Waals surface area contributed by atoms with E-state index in [4.69, 9.17) is 0 Å². The first kappa shape index (κ1) is 14.0. The zero-order chi connectivity index (χ0) is 14.0.